The minimum atomic E-state index is 0.0289. The first-order chi connectivity index (χ1) is 12.7. The van der Waals surface area contributed by atoms with Crippen LogP contribution in [0.1, 0.15) is 56.2 Å². The summed E-state index contributed by atoms with van der Waals surface area (Å²) in [5, 5.41) is 7.77. The second-order valence-corrected chi connectivity index (χ2v) is 8.09. The van der Waals surface area contributed by atoms with E-state index in [2.05, 4.69) is 15.3 Å². The molecule has 3 aliphatic rings. The highest BCUT2D eigenvalue weighted by Crippen LogP contribution is 2.28. The molecule has 1 saturated heterocycles. The molecule has 1 atom stereocenters. The quantitative estimate of drug-likeness (QED) is 0.837. The second kappa shape index (κ2) is 7.91. The van der Waals surface area contributed by atoms with Gasteiger partial charge < -0.3 is 5.32 Å². The van der Waals surface area contributed by atoms with Crippen LogP contribution in [0.5, 0.6) is 0 Å². The number of piperidine rings is 1. The molecular weight excluding hydrogens is 328 g/mol. The molecule has 2 fully saturated rings. The van der Waals surface area contributed by atoms with Gasteiger partial charge in [-0.1, -0.05) is 6.42 Å². The molecule has 1 saturated carbocycles. The van der Waals surface area contributed by atoms with Crippen LogP contribution in [0.2, 0.25) is 0 Å². The lowest BCUT2D eigenvalue weighted by atomic mass is 9.97. The topological polar surface area (TPSA) is 67.2 Å². The predicted octanol–water partition coefficient (Wildman–Crippen LogP) is 1.50. The molecule has 2 heterocycles. The molecule has 0 aromatic carbocycles. The number of hydrogen-bond donors (Lipinski definition) is 1. The predicted molar refractivity (Wildman–Crippen MR) is 100 cm³/mol. The third kappa shape index (κ3) is 4.17. The van der Waals surface area contributed by atoms with E-state index < -0.39 is 0 Å². The van der Waals surface area contributed by atoms with Crippen molar-refractivity contribution in [2.75, 3.05) is 19.6 Å². The highest BCUT2D eigenvalue weighted by molar-refractivity contribution is 5.80. The van der Waals surface area contributed by atoms with Gasteiger partial charge in [0, 0.05) is 31.1 Å². The Balaban J connectivity index is 1.35. The third-order valence-electron chi connectivity index (χ3n) is 6.08. The van der Waals surface area contributed by atoms with Gasteiger partial charge in [-0.3, -0.25) is 14.5 Å². The van der Waals surface area contributed by atoms with E-state index in [9.17, 15) is 9.59 Å². The van der Waals surface area contributed by atoms with Crippen LogP contribution in [-0.2, 0) is 24.2 Å². The summed E-state index contributed by atoms with van der Waals surface area (Å²) in [5.74, 6) is 0.494. The molecule has 1 unspecified atom stereocenters. The number of hydrogen-bond acceptors (Lipinski definition) is 4. The number of aromatic nitrogens is 2. The van der Waals surface area contributed by atoms with E-state index in [1.54, 1.807) is 10.7 Å². The molecule has 26 heavy (non-hydrogen) atoms. The lowest BCUT2D eigenvalue weighted by molar-refractivity contribution is -0.122. The number of aryl methyl sites for hydroxylation is 2. The highest BCUT2D eigenvalue weighted by Gasteiger charge is 2.30. The summed E-state index contributed by atoms with van der Waals surface area (Å²) in [6.07, 6.45) is 9.96. The molecule has 0 radical (unpaired) electrons. The Morgan fingerprint density at radius 3 is 2.81 bits per heavy atom. The van der Waals surface area contributed by atoms with E-state index >= 15 is 0 Å². The summed E-state index contributed by atoms with van der Waals surface area (Å²) in [6.45, 7) is 3.25. The third-order valence-corrected chi connectivity index (χ3v) is 6.08. The molecule has 4 rings (SSSR count). The van der Waals surface area contributed by atoms with Crippen molar-refractivity contribution in [1.82, 2.24) is 20.0 Å². The zero-order chi connectivity index (χ0) is 17.9. The van der Waals surface area contributed by atoms with Crippen LogP contribution in [0.25, 0.3) is 0 Å². The zero-order valence-corrected chi connectivity index (χ0v) is 15.6. The van der Waals surface area contributed by atoms with Crippen LogP contribution in [0.3, 0.4) is 0 Å². The Morgan fingerprint density at radius 1 is 1.12 bits per heavy atom. The van der Waals surface area contributed by atoms with E-state index in [0.29, 0.717) is 12.6 Å². The van der Waals surface area contributed by atoms with Crippen LogP contribution in [0, 0.1) is 5.92 Å². The van der Waals surface area contributed by atoms with Crippen molar-refractivity contribution in [2.45, 2.75) is 70.4 Å². The van der Waals surface area contributed by atoms with E-state index in [-0.39, 0.29) is 17.4 Å². The van der Waals surface area contributed by atoms with Crippen molar-refractivity contribution in [3.05, 3.63) is 27.7 Å². The van der Waals surface area contributed by atoms with Crippen molar-refractivity contribution >= 4 is 5.91 Å². The number of carbonyl (C=O) groups excluding carboxylic acids is 1. The SMILES string of the molecule is O=C(NCC1CCCCN1CCn1nc2c(cc1=O)CCCC2)C1CC1. The molecule has 1 N–H and O–H groups in total. The van der Waals surface area contributed by atoms with Gasteiger partial charge in [-0.25, -0.2) is 4.68 Å². The fourth-order valence-electron chi connectivity index (χ4n) is 4.28. The molecule has 6 nitrogen and oxygen atoms in total. The number of fused-ring (bicyclic) bond motifs is 1. The van der Waals surface area contributed by atoms with Crippen LogP contribution in [0.15, 0.2) is 10.9 Å². The maximum atomic E-state index is 12.4. The standard InChI is InChI=1S/C20H30N4O2/c25-19-13-16-5-1-2-7-18(16)22-24(19)12-11-23-10-4-3-6-17(23)14-21-20(26)15-8-9-15/h13,15,17H,1-12,14H2,(H,21,26). The summed E-state index contributed by atoms with van der Waals surface area (Å²) >= 11 is 0. The molecule has 1 aromatic heterocycles. The molecule has 0 bridgehead atoms. The van der Waals surface area contributed by atoms with Crippen LogP contribution in [-0.4, -0.2) is 46.3 Å². The summed E-state index contributed by atoms with van der Waals surface area (Å²) in [4.78, 5) is 26.7. The van der Waals surface area contributed by atoms with Gasteiger partial charge in [0.2, 0.25) is 5.91 Å². The molecule has 0 spiro atoms. The van der Waals surface area contributed by atoms with E-state index in [0.717, 1.165) is 63.0 Å². The molecule has 1 amide bonds. The van der Waals surface area contributed by atoms with Crippen molar-refractivity contribution in [3.63, 3.8) is 0 Å². The maximum absolute atomic E-state index is 12.4. The van der Waals surface area contributed by atoms with Crippen LogP contribution < -0.4 is 10.9 Å². The maximum Gasteiger partial charge on any atom is 0.267 e. The Labute approximate surface area is 155 Å². The average Bonchev–Trinajstić information content (AvgIpc) is 3.50. The summed E-state index contributed by atoms with van der Waals surface area (Å²) in [5.41, 5.74) is 2.29. The summed E-state index contributed by atoms with van der Waals surface area (Å²) in [7, 11) is 0. The average molecular weight is 358 g/mol. The Morgan fingerprint density at radius 2 is 1.96 bits per heavy atom. The Hall–Kier alpha value is -1.69. The molecule has 6 heteroatoms. The molecular formula is C20H30N4O2. The lowest BCUT2D eigenvalue weighted by Gasteiger charge is -2.35. The van der Waals surface area contributed by atoms with Crippen molar-refractivity contribution < 1.29 is 4.79 Å². The van der Waals surface area contributed by atoms with E-state index in [1.807, 2.05) is 0 Å². The zero-order valence-electron chi connectivity index (χ0n) is 15.6. The van der Waals surface area contributed by atoms with E-state index in [4.69, 9.17) is 0 Å². The lowest BCUT2D eigenvalue weighted by Crippen LogP contribution is -2.48. The van der Waals surface area contributed by atoms with Gasteiger partial charge in [-0.05, 0) is 63.5 Å². The molecule has 1 aliphatic heterocycles. The van der Waals surface area contributed by atoms with Crippen LogP contribution in [0.4, 0.5) is 0 Å². The monoisotopic (exact) mass is 358 g/mol. The van der Waals surface area contributed by atoms with Gasteiger partial charge in [0.25, 0.3) is 5.56 Å². The first kappa shape index (κ1) is 17.7. The number of carbonyl (C=O) groups is 1. The van der Waals surface area contributed by atoms with Crippen molar-refractivity contribution in [3.8, 4) is 0 Å². The van der Waals surface area contributed by atoms with Crippen LogP contribution >= 0.6 is 0 Å². The van der Waals surface area contributed by atoms with Gasteiger partial charge >= 0.3 is 0 Å². The second-order valence-electron chi connectivity index (χ2n) is 8.09. The van der Waals surface area contributed by atoms with Gasteiger partial charge in [-0.15, -0.1) is 0 Å². The molecule has 2 aliphatic carbocycles. The summed E-state index contributed by atoms with van der Waals surface area (Å²) in [6, 6.07) is 2.19. The Bertz CT molecular complexity index is 710. The van der Waals surface area contributed by atoms with Crippen molar-refractivity contribution in [1.29, 1.82) is 0 Å². The molecule has 142 valence electrons. The van der Waals surface area contributed by atoms with Gasteiger partial charge in [0.15, 0.2) is 0 Å². The number of rotatable bonds is 6. The Kier molecular flexibility index (Phi) is 5.38. The van der Waals surface area contributed by atoms with Gasteiger partial charge in [-0.2, -0.15) is 5.10 Å². The molecule has 1 aromatic rings. The normalized spacial score (nSPS) is 23.5. The van der Waals surface area contributed by atoms with Crippen molar-refractivity contribution in [2.24, 2.45) is 5.92 Å². The first-order valence-electron chi connectivity index (χ1n) is 10.3. The number of nitrogens with one attached hydrogen (secondary N) is 1. The smallest absolute Gasteiger partial charge is 0.267 e. The largest absolute Gasteiger partial charge is 0.354 e. The fourth-order valence-corrected chi connectivity index (χ4v) is 4.28. The van der Waals surface area contributed by atoms with Gasteiger partial charge in [0.1, 0.15) is 0 Å². The fraction of sp³-hybridized carbons (Fsp3) is 0.750. The summed E-state index contributed by atoms with van der Waals surface area (Å²) < 4.78 is 1.65. The van der Waals surface area contributed by atoms with E-state index in [1.165, 1.54) is 25.7 Å². The minimum Gasteiger partial charge on any atom is -0.354 e. The minimum absolute atomic E-state index is 0.0289. The van der Waals surface area contributed by atoms with Gasteiger partial charge in [0.05, 0.1) is 12.2 Å². The number of nitrogens with zero attached hydrogens (tertiary/aromatic N) is 3. The first-order valence-corrected chi connectivity index (χ1v) is 10.3. The number of likely N-dealkylation sites (tertiary alicyclic amines) is 1. The number of amides is 1. The highest BCUT2D eigenvalue weighted by atomic mass is 16.2.